The molecule has 0 radical (unpaired) electrons. The van der Waals surface area contributed by atoms with Crippen molar-refractivity contribution >= 4 is 43.0 Å². The predicted octanol–water partition coefficient (Wildman–Crippen LogP) is 1.87. The Labute approximate surface area is 132 Å². The molecule has 0 fully saturated rings. The van der Waals surface area contributed by atoms with Crippen LogP contribution in [0.5, 0.6) is 0 Å². The second-order valence-electron chi connectivity index (χ2n) is 3.63. The third-order valence-corrected chi connectivity index (χ3v) is 3.81. The van der Waals surface area contributed by atoms with E-state index in [0.29, 0.717) is 32.2 Å². The number of hydrogen-bond acceptors (Lipinski definition) is 4. The molecule has 20 heavy (non-hydrogen) atoms. The van der Waals surface area contributed by atoms with Gasteiger partial charge in [0.15, 0.2) is 0 Å². The van der Waals surface area contributed by atoms with Crippen molar-refractivity contribution in [2.45, 2.75) is 10.7 Å². The van der Waals surface area contributed by atoms with Gasteiger partial charge in [0, 0.05) is 21.1 Å². The topological polar surface area (TPSA) is 95.2 Å². The lowest BCUT2D eigenvalue weighted by atomic mass is 10.0. The van der Waals surface area contributed by atoms with Crippen LogP contribution in [0.2, 0.25) is 0 Å². The van der Waals surface area contributed by atoms with Crippen LogP contribution in [0.15, 0.2) is 12.1 Å². The monoisotopic (exact) mass is 388 g/mol. The molecule has 0 aliphatic rings. The van der Waals surface area contributed by atoms with E-state index in [1.165, 1.54) is 0 Å². The number of halogens is 2. The molecule has 0 amide bonds. The van der Waals surface area contributed by atoms with Crippen molar-refractivity contribution in [2.24, 2.45) is 0 Å². The van der Waals surface area contributed by atoms with Crippen LogP contribution in [0.1, 0.15) is 11.1 Å². The van der Waals surface area contributed by atoms with Crippen LogP contribution >= 0.6 is 31.9 Å². The Morgan fingerprint density at radius 2 is 1.05 bits per heavy atom. The summed E-state index contributed by atoms with van der Waals surface area (Å²) in [6, 6.07) is 10.7. The quantitative estimate of drug-likeness (QED) is 0.721. The van der Waals surface area contributed by atoms with Crippen LogP contribution in [0, 0.1) is 45.3 Å². The summed E-state index contributed by atoms with van der Waals surface area (Å²) in [6.07, 6.45) is 0. The fourth-order valence-electron chi connectivity index (χ4n) is 1.67. The molecule has 0 aromatic heterocycles. The molecule has 0 atom stereocenters. The summed E-state index contributed by atoms with van der Waals surface area (Å²) in [7, 11) is 0. The molecule has 0 heterocycles. The van der Waals surface area contributed by atoms with Crippen molar-refractivity contribution in [1.82, 2.24) is 0 Å². The molecule has 4 nitrogen and oxygen atoms in total. The van der Waals surface area contributed by atoms with Crippen molar-refractivity contribution in [3.8, 4) is 24.3 Å². The molecule has 96 valence electrons. The smallest absolute Gasteiger partial charge is 0.137 e. The Morgan fingerprint density at radius 1 is 0.750 bits per heavy atom. The van der Waals surface area contributed by atoms with E-state index in [9.17, 15) is 0 Å². The van der Waals surface area contributed by atoms with Gasteiger partial charge in [-0.3, -0.25) is 0 Å². The van der Waals surface area contributed by atoms with Gasteiger partial charge in [0.25, 0.3) is 0 Å². The molecule has 1 aromatic rings. The average Bonchev–Trinajstić information content (AvgIpc) is 2.50. The zero-order valence-corrected chi connectivity index (χ0v) is 13.3. The van der Waals surface area contributed by atoms with Gasteiger partial charge in [-0.05, 0) is 23.3 Å². The molecule has 1 rings (SSSR count). The first kappa shape index (κ1) is 15.9. The Hall–Kier alpha value is -2.12. The lowest BCUT2D eigenvalue weighted by Gasteiger charge is -2.04. The molecule has 0 N–H and O–H groups in total. The highest BCUT2D eigenvalue weighted by atomic mass is 79.9. The zero-order chi connectivity index (χ0) is 15.1. The van der Waals surface area contributed by atoms with Crippen LogP contribution in [0.25, 0.3) is 11.1 Å². The minimum absolute atomic E-state index is 0.00339. The van der Waals surface area contributed by atoms with Crippen LogP contribution in [-0.2, 0) is 10.7 Å². The molecular formula is C14H6Br2N4. The molecule has 6 heteroatoms. The molecule has 0 unspecified atom stereocenters. The van der Waals surface area contributed by atoms with Crippen molar-refractivity contribution in [3.63, 3.8) is 0 Å². The SMILES string of the molecule is N#CC(C#N)=c1cc(CBr)c(=C(C#N)C#N)cc1CBr. The molecule has 0 aliphatic heterocycles. The predicted molar refractivity (Wildman–Crippen MR) is 80.2 cm³/mol. The van der Waals surface area contributed by atoms with Crippen LogP contribution in [0.4, 0.5) is 0 Å². The average molecular weight is 390 g/mol. The molecule has 0 saturated carbocycles. The van der Waals surface area contributed by atoms with E-state index in [4.69, 9.17) is 21.0 Å². The van der Waals surface area contributed by atoms with E-state index in [1.807, 2.05) is 24.3 Å². The van der Waals surface area contributed by atoms with Crippen LogP contribution in [-0.4, -0.2) is 0 Å². The van der Waals surface area contributed by atoms with Crippen molar-refractivity contribution < 1.29 is 0 Å². The van der Waals surface area contributed by atoms with E-state index >= 15 is 0 Å². The highest BCUT2D eigenvalue weighted by molar-refractivity contribution is 9.08. The van der Waals surface area contributed by atoms with E-state index in [1.54, 1.807) is 12.1 Å². The van der Waals surface area contributed by atoms with E-state index in [0.717, 1.165) is 0 Å². The number of alkyl halides is 2. The van der Waals surface area contributed by atoms with Gasteiger partial charge < -0.3 is 0 Å². The second kappa shape index (κ2) is 7.46. The molecule has 0 saturated heterocycles. The standard InChI is InChI=1S/C14H6Br2N4/c15-3-9-1-13(11(5-17)6-18)10(4-16)2-14(9)12(7-19)8-20/h1-2H,3-4H2. The minimum atomic E-state index is 0.00339. The van der Waals surface area contributed by atoms with Gasteiger partial charge in [0.05, 0.1) is 0 Å². The first-order valence-electron chi connectivity index (χ1n) is 5.29. The maximum absolute atomic E-state index is 8.99. The fraction of sp³-hybridized carbons (Fsp3) is 0.143. The first-order chi connectivity index (χ1) is 9.66. The molecule has 0 aliphatic carbocycles. The number of rotatable bonds is 2. The summed E-state index contributed by atoms with van der Waals surface area (Å²) in [4.78, 5) is 0. The fourth-order valence-corrected chi connectivity index (χ4v) is 2.59. The summed E-state index contributed by atoms with van der Waals surface area (Å²) in [6.45, 7) is 0. The van der Waals surface area contributed by atoms with Crippen LogP contribution < -0.4 is 10.4 Å². The van der Waals surface area contributed by atoms with Crippen LogP contribution in [0.3, 0.4) is 0 Å². The van der Waals surface area contributed by atoms with Crippen molar-refractivity contribution in [2.75, 3.05) is 0 Å². The van der Waals surface area contributed by atoms with Gasteiger partial charge in [-0.15, -0.1) is 0 Å². The summed E-state index contributed by atoms with van der Waals surface area (Å²) in [5.74, 6) is 0. The molecular weight excluding hydrogens is 384 g/mol. The lowest BCUT2D eigenvalue weighted by Crippen LogP contribution is -2.22. The maximum Gasteiger partial charge on any atom is 0.137 e. The summed E-state index contributed by atoms with van der Waals surface area (Å²) in [5.41, 5.74) is 1.38. The molecule has 0 bridgehead atoms. The lowest BCUT2D eigenvalue weighted by molar-refractivity contribution is 1.27. The number of nitriles is 4. The first-order valence-corrected chi connectivity index (χ1v) is 7.53. The maximum atomic E-state index is 8.99. The van der Waals surface area contributed by atoms with Crippen molar-refractivity contribution in [1.29, 1.82) is 21.0 Å². The number of nitrogens with zero attached hydrogens (tertiary/aromatic N) is 4. The van der Waals surface area contributed by atoms with E-state index < -0.39 is 0 Å². The second-order valence-corrected chi connectivity index (χ2v) is 4.75. The van der Waals surface area contributed by atoms with Gasteiger partial charge in [0.1, 0.15) is 35.4 Å². The third-order valence-electron chi connectivity index (χ3n) is 2.60. The normalized spacial score (nSPS) is 8.70. The summed E-state index contributed by atoms with van der Waals surface area (Å²) >= 11 is 6.58. The Morgan fingerprint density at radius 3 is 1.25 bits per heavy atom. The summed E-state index contributed by atoms with van der Waals surface area (Å²) < 4.78 is 0. The van der Waals surface area contributed by atoms with Gasteiger partial charge in [0.2, 0.25) is 0 Å². The largest absolute Gasteiger partial charge is 0.192 e. The van der Waals surface area contributed by atoms with Gasteiger partial charge in [-0.1, -0.05) is 31.9 Å². The Bertz CT molecular complexity index is 723. The highest BCUT2D eigenvalue weighted by Gasteiger charge is 2.07. The molecule has 0 spiro atoms. The zero-order valence-electron chi connectivity index (χ0n) is 10.1. The van der Waals surface area contributed by atoms with E-state index in [-0.39, 0.29) is 11.1 Å². The molecule has 1 aromatic carbocycles. The van der Waals surface area contributed by atoms with Crippen molar-refractivity contribution in [3.05, 3.63) is 33.7 Å². The van der Waals surface area contributed by atoms with Gasteiger partial charge in [-0.2, -0.15) is 21.0 Å². The van der Waals surface area contributed by atoms with E-state index in [2.05, 4.69) is 31.9 Å². The third kappa shape index (κ3) is 3.06. The number of benzene rings is 1. The van der Waals surface area contributed by atoms with Gasteiger partial charge >= 0.3 is 0 Å². The Balaban J connectivity index is 4.06. The Kier molecular flexibility index (Phi) is 5.95. The number of hydrogen-bond donors (Lipinski definition) is 0. The van der Waals surface area contributed by atoms with Gasteiger partial charge in [-0.25, -0.2) is 0 Å². The minimum Gasteiger partial charge on any atom is -0.192 e. The highest BCUT2D eigenvalue weighted by Crippen LogP contribution is 2.06. The summed E-state index contributed by atoms with van der Waals surface area (Å²) in [5, 5.41) is 37.8.